The van der Waals surface area contributed by atoms with Crippen LogP contribution in [0.3, 0.4) is 0 Å². The molecule has 106 valence electrons. The van der Waals surface area contributed by atoms with Crippen molar-refractivity contribution in [2.45, 2.75) is 33.2 Å². The molecule has 0 amide bonds. The van der Waals surface area contributed by atoms with Crippen LogP contribution < -0.4 is 11.2 Å². The molecule has 0 aliphatic rings. The van der Waals surface area contributed by atoms with Crippen LogP contribution in [0.2, 0.25) is 5.02 Å². The molecule has 0 saturated heterocycles. The zero-order valence-corrected chi connectivity index (χ0v) is 12.8. The van der Waals surface area contributed by atoms with Gasteiger partial charge in [-0.15, -0.1) is 0 Å². The highest BCUT2D eigenvalue weighted by Gasteiger charge is 2.22. The van der Waals surface area contributed by atoms with Gasteiger partial charge in [-0.25, -0.2) is 4.68 Å². The van der Waals surface area contributed by atoms with Gasteiger partial charge in [0.15, 0.2) is 0 Å². The summed E-state index contributed by atoms with van der Waals surface area (Å²) >= 11 is 6.15. The summed E-state index contributed by atoms with van der Waals surface area (Å²) in [5, 5.41) is 5.10. The zero-order chi connectivity index (χ0) is 15.1. The Balaban J connectivity index is 2.75. The number of nitrogens with two attached hydrogens (primary N) is 1. The molecule has 0 spiro atoms. The molecule has 4 nitrogen and oxygen atoms in total. The number of rotatable bonds is 2. The first kappa shape index (κ1) is 14.8. The molecule has 0 aliphatic heterocycles. The molecule has 0 unspecified atom stereocenters. The van der Waals surface area contributed by atoms with Gasteiger partial charge in [-0.05, 0) is 45.4 Å². The van der Waals surface area contributed by atoms with Gasteiger partial charge < -0.3 is 5.73 Å². The Morgan fingerprint density at radius 2 is 1.95 bits per heavy atom. The minimum atomic E-state index is -0.793. The van der Waals surface area contributed by atoms with Gasteiger partial charge in [0.2, 0.25) is 5.43 Å². The van der Waals surface area contributed by atoms with E-state index in [1.165, 1.54) is 0 Å². The van der Waals surface area contributed by atoms with E-state index in [0.29, 0.717) is 10.7 Å². The first-order valence-electron chi connectivity index (χ1n) is 6.37. The van der Waals surface area contributed by atoms with Gasteiger partial charge in [-0.2, -0.15) is 5.10 Å². The second kappa shape index (κ2) is 5.04. The topological polar surface area (TPSA) is 60.9 Å². The Morgan fingerprint density at radius 1 is 1.30 bits per heavy atom. The van der Waals surface area contributed by atoms with E-state index >= 15 is 0 Å². The minimum absolute atomic E-state index is 0.147. The molecule has 1 heterocycles. The van der Waals surface area contributed by atoms with E-state index in [1.807, 2.05) is 32.0 Å². The van der Waals surface area contributed by atoms with Crippen molar-refractivity contribution in [3.63, 3.8) is 0 Å². The molecule has 20 heavy (non-hydrogen) atoms. The zero-order valence-electron chi connectivity index (χ0n) is 12.1. The lowest BCUT2D eigenvalue weighted by atomic mass is 10.0. The largest absolute Gasteiger partial charge is 0.320 e. The molecule has 0 radical (unpaired) electrons. The predicted octanol–water partition coefficient (Wildman–Crippen LogP) is 2.70. The Labute approximate surface area is 123 Å². The Morgan fingerprint density at radius 3 is 2.55 bits per heavy atom. The van der Waals surface area contributed by atoms with Crippen molar-refractivity contribution in [2.75, 3.05) is 0 Å². The van der Waals surface area contributed by atoms with E-state index in [-0.39, 0.29) is 5.43 Å². The summed E-state index contributed by atoms with van der Waals surface area (Å²) in [6.45, 7) is 7.29. The average Bonchev–Trinajstić information content (AvgIpc) is 2.32. The molecule has 0 fully saturated rings. The van der Waals surface area contributed by atoms with Crippen LogP contribution in [0.5, 0.6) is 0 Å². The summed E-state index contributed by atoms with van der Waals surface area (Å²) in [5.74, 6) is 0. The summed E-state index contributed by atoms with van der Waals surface area (Å²) in [5.41, 5.74) is 7.92. The fourth-order valence-electron chi connectivity index (χ4n) is 2.06. The van der Waals surface area contributed by atoms with Gasteiger partial charge in [0.1, 0.15) is 5.69 Å². The third-order valence-corrected chi connectivity index (χ3v) is 3.59. The smallest absolute Gasteiger partial charge is 0.205 e. The summed E-state index contributed by atoms with van der Waals surface area (Å²) in [6.07, 6.45) is 0. The van der Waals surface area contributed by atoms with Crippen molar-refractivity contribution >= 4 is 11.6 Å². The average molecular weight is 292 g/mol. The molecule has 2 aromatic rings. The number of aryl methyl sites for hydroxylation is 1. The second-order valence-corrected chi connectivity index (χ2v) is 5.92. The van der Waals surface area contributed by atoms with Crippen LogP contribution >= 0.6 is 11.6 Å². The lowest BCUT2D eigenvalue weighted by Crippen LogP contribution is -2.37. The standard InChI is InChI=1S/C15H18ClN3O/c1-9-8-13(20)14(15(3,4)17)18-19(9)12-7-5-6-11(16)10(12)2/h5-8H,17H2,1-4H3. The summed E-state index contributed by atoms with van der Waals surface area (Å²) < 4.78 is 1.71. The van der Waals surface area contributed by atoms with E-state index < -0.39 is 5.54 Å². The van der Waals surface area contributed by atoms with Crippen LogP contribution in [-0.4, -0.2) is 9.78 Å². The van der Waals surface area contributed by atoms with E-state index in [0.717, 1.165) is 16.9 Å². The highest BCUT2D eigenvalue weighted by molar-refractivity contribution is 6.31. The first-order valence-corrected chi connectivity index (χ1v) is 6.75. The molecule has 1 aromatic carbocycles. The van der Waals surface area contributed by atoms with Crippen molar-refractivity contribution in [2.24, 2.45) is 5.73 Å². The lowest BCUT2D eigenvalue weighted by Gasteiger charge is -2.20. The minimum Gasteiger partial charge on any atom is -0.320 e. The monoisotopic (exact) mass is 291 g/mol. The quantitative estimate of drug-likeness (QED) is 0.925. The van der Waals surface area contributed by atoms with Crippen LogP contribution in [0, 0.1) is 13.8 Å². The molecular formula is C15H18ClN3O. The number of hydrogen-bond donors (Lipinski definition) is 1. The highest BCUT2D eigenvalue weighted by atomic mass is 35.5. The fraction of sp³-hybridized carbons (Fsp3) is 0.333. The van der Waals surface area contributed by atoms with Gasteiger partial charge in [-0.3, -0.25) is 4.79 Å². The summed E-state index contributed by atoms with van der Waals surface area (Å²) in [7, 11) is 0. The van der Waals surface area contributed by atoms with E-state index in [4.69, 9.17) is 17.3 Å². The van der Waals surface area contributed by atoms with Crippen LogP contribution in [0.4, 0.5) is 0 Å². The maximum Gasteiger partial charge on any atom is 0.205 e. The van der Waals surface area contributed by atoms with Gasteiger partial charge in [0.05, 0.1) is 11.2 Å². The summed E-state index contributed by atoms with van der Waals surface area (Å²) in [4.78, 5) is 12.0. The van der Waals surface area contributed by atoms with Gasteiger partial charge >= 0.3 is 0 Å². The maximum atomic E-state index is 12.0. The van der Waals surface area contributed by atoms with Gasteiger partial charge in [0.25, 0.3) is 0 Å². The predicted molar refractivity (Wildman–Crippen MR) is 81.5 cm³/mol. The first-order chi connectivity index (χ1) is 9.21. The molecule has 5 heteroatoms. The third kappa shape index (κ3) is 2.62. The number of halogens is 1. The number of benzene rings is 1. The Kier molecular flexibility index (Phi) is 3.71. The molecule has 0 atom stereocenters. The van der Waals surface area contributed by atoms with Crippen LogP contribution in [-0.2, 0) is 5.54 Å². The van der Waals surface area contributed by atoms with Crippen LogP contribution in [0.1, 0.15) is 30.8 Å². The van der Waals surface area contributed by atoms with Crippen molar-refractivity contribution in [3.05, 3.63) is 56.5 Å². The molecular weight excluding hydrogens is 274 g/mol. The fourth-order valence-corrected chi connectivity index (χ4v) is 2.23. The van der Waals surface area contributed by atoms with Crippen molar-refractivity contribution < 1.29 is 0 Å². The third-order valence-electron chi connectivity index (χ3n) is 3.19. The number of hydrogen-bond acceptors (Lipinski definition) is 3. The molecule has 0 bridgehead atoms. The second-order valence-electron chi connectivity index (χ2n) is 5.52. The van der Waals surface area contributed by atoms with Crippen molar-refractivity contribution in [1.82, 2.24) is 9.78 Å². The molecule has 1 aromatic heterocycles. The lowest BCUT2D eigenvalue weighted by molar-refractivity contribution is 0.510. The SMILES string of the molecule is Cc1c(Cl)cccc1-n1nc(C(C)(C)N)c(=O)cc1C. The number of nitrogens with zero attached hydrogens (tertiary/aromatic N) is 2. The number of aromatic nitrogens is 2. The summed E-state index contributed by atoms with van der Waals surface area (Å²) in [6, 6.07) is 7.15. The van der Waals surface area contributed by atoms with Crippen LogP contribution in [0.25, 0.3) is 5.69 Å². The molecule has 2 N–H and O–H groups in total. The molecule has 0 aliphatic carbocycles. The maximum absolute atomic E-state index is 12.0. The van der Waals surface area contributed by atoms with Gasteiger partial charge in [0, 0.05) is 16.8 Å². The van der Waals surface area contributed by atoms with Crippen LogP contribution in [0.15, 0.2) is 29.1 Å². The molecule has 2 rings (SSSR count). The van der Waals surface area contributed by atoms with E-state index in [1.54, 1.807) is 24.6 Å². The Bertz CT molecular complexity index is 714. The van der Waals surface area contributed by atoms with Gasteiger partial charge in [-0.1, -0.05) is 17.7 Å². The van der Waals surface area contributed by atoms with E-state index in [9.17, 15) is 4.79 Å². The molecule has 0 saturated carbocycles. The van der Waals surface area contributed by atoms with E-state index in [2.05, 4.69) is 5.10 Å². The van der Waals surface area contributed by atoms with Crippen molar-refractivity contribution in [3.8, 4) is 5.69 Å². The normalized spacial score (nSPS) is 11.7. The Hall–Kier alpha value is -1.65. The van der Waals surface area contributed by atoms with Crippen molar-refractivity contribution in [1.29, 1.82) is 0 Å². The highest BCUT2D eigenvalue weighted by Crippen LogP contribution is 2.22.